The first-order valence-electron chi connectivity index (χ1n) is 8.92. The van der Waals surface area contributed by atoms with Gasteiger partial charge in [-0.05, 0) is 29.7 Å². The van der Waals surface area contributed by atoms with Gasteiger partial charge in [-0.3, -0.25) is 25.2 Å². The van der Waals surface area contributed by atoms with Gasteiger partial charge in [-0.15, -0.1) is 0 Å². The van der Waals surface area contributed by atoms with Gasteiger partial charge in [0.2, 0.25) is 11.8 Å². The Balaban J connectivity index is 1.71. The van der Waals surface area contributed by atoms with Crippen molar-refractivity contribution in [2.45, 2.75) is 39.0 Å². The van der Waals surface area contributed by atoms with Crippen LogP contribution in [0.4, 0.5) is 4.39 Å². The molecule has 5 nitrogen and oxygen atoms in total. The molecule has 0 aliphatic heterocycles. The molecule has 0 aliphatic carbocycles. The second kappa shape index (κ2) is 10.2. The summed E-state index contributed by atoms with van der Waals surface area (Å²) in [7, 11) is 0. The van der Waals surface area contributed by atoms with Gasteiger partial charge in [-0.25, -0.2) is 4.39 Å². The Hall–Kier alpha value is -3.02. The fraction of sp³-hybridized carbons (Fsp3) is 0.286. The Morgan fingerprint density at radius 2 is 1.41 bits per heavy atom. The van der Waals surface area contributed by atoms with Gasteiger partial charge in [0.1, 0.15) is 5.82 Å². The van der Waals surface area contributed by atoms with Crippen molar-refractivity contribution < 1.29 is 18.8 Å². The van der Waals surface area contributed by atoms with Crippen molar-refractivity contribution in [1.29, 1.82) is 0 Å². The number of Topliss-reactive ketones (excluding diaryl/α,β-unsaturated/α-hetero) is 1. The number of halogens is 1. The van der Waals surface area contributed by atoms with Gasteiger partial charge in [-0.1, -0.05) is 49.7 Å². The number of ketones is 1. The lowest BCUT2D eigenvalue weighted by atomic mass is 10.0. The number of carbonyl (C=O) groups is 3. The van der Waals surface area contributed by atoms with E-state index in [9.17, 15) is 18.8 Å². The van der Waals surface area contributed by atoms with Gasteiger partial charge in [0.05, 0.1) is 6.42 Å². The van der Waals surface area contributed by atoms with E-state index in [1.54, 1.807) is 12.1 Å². The first kappa shape index (κ1) is 20.3. The Morgan fingerprint density at radius 1 is 0.815 bits per heavy atom. The Morgan fingerprint density at radius 3 is 2.04 bits per heavy atom. The number of hydrogen-bond acceptors (Lipinski definition) is 3. The number of amides is 2. The second-order valence-corrected chi connectivity index (χ2v) is 6.27. The average Bonchev–Trinajstić information content (AvgIpc) is 2.67. The maximum absolute atomic E-state index is 12.8. The molecule has 0 fully saturated rings. The number of aryl methyl sites for hydroxylation is 1. The molecule has 0 heterocycles. The van der Waals surface area contributed by atoms with Crippen molar-refractivity contribution in [2.75, 3.05) is 0 Å². The second-order valence-electron chi connectivity index (χ2n) is 6.27. The van der Waals surface area contributed by atoms with Gasteiger partial charge >= 0.3 is 0 Å². The summed E-state index contributed by atoms with van der Waals surface area (Å²) in [4.78, 5) is 35.7. The largest absolute Gasteiger partial charge is 0.294 e. The summed E-state index contributed by atoms with van der Waals surface area (Å²) in [6.07, 6.45) is 2.07. The van der Waals surface area contributed by atoms with Crippen molar-refractivity contribution in [3.8, 4) is 0 Å². The number of nitrogens with one attached hydrogen (secondary N) is 2. The molecule has 2 amide bonds. The molecule has 0 spiro atoms. The topological polar surface area (TPSA) is 75.3 Å². The maximum atomic E-state index is 12.8. The number of benzene rings is 2. The van der Waals surface area contributed by atoms with Crippen LogP contribution >= 0.6 is 0 Å². The monoisotopic (exact) mass is 370 g/mol. The number of carbonyl (C=O) groups excluding carboxylic acids is 3. The summed E-state index contributed by atoms with van der Waals surface area (Å²) in [6.45, 7) is 2.09. The van der Waals surface area contributed by atoms with Crippen LogP contribution < -0.4 is 10.9 Å². The molecule has 2 rings (SSSR count). The van der Waals surface area contributed by atoms with Gasteiger partial charge in [-0.2, -0.15) is 0 Å². The highest BCUT2D eigenvalue weighted by atomic mass is 19.1. The predicted octanol–water partition coefficient (Wildman–Crippen LogP) is 3.13. The van der Waals surface area contributed by atoms with Crippen LogP contribution in [-0.4, -0.2) is 17.6 Å². The fourth-order valence-corrected chi connectivity index (χ4v) is 2.55. The summed E-state index contributed by atoms with van der Waals surface area (Å²) < 4.78 is 12.8. The third kappa shape index (κ3) is 7.01. The van der Waals surface area contributed by atoms with Crippen molar-refractivity contribution in [3.05, 3.63) is 71.0 Å². The molecular formula is C21H23FN2O3. The SMILES string of the molecule is CCCc1ccc(C(=O)CCC(=O)NNC(=O)Cc2ccc(F)cc2)cc1. The van der Waals surface area contributed by atoms with Crippen molar-refractivity contribution in [3.63, 3.8) is 0 Å². The molecule has 2 aromatic carbocycles. The quantitative estimate of drug-likeness (QED) is 0.554. The van der Waals surface area contributed by atoms with Crippen molar-refractivity contribution in [2.24, 2.45) is 0 Å². The molecule has 0 atom stereocenters. The normalized spacial score (nSPS) is 10.3. The molecule has 0 aromatic heterocycles. The lowest BCUT2D eigenvalue weighted by molar-refractivity contribution is -0.128. The van der Waals surface area contributed by atoms with E-state index in [4.69, 9.17) is 0 Å². The summed E-state index contributed by atoms with van der Waals surface area (Å²) >= 11 is 0. The lowest BCUT2D eigenvalue weighted by Gasteiger charge is -2.07. The minimum absolute atomic E-state index is 0.0175. The van der Waals surface area contributed by atoms with Crippen LogP contribution in [0.1, 0.15) is 47.7 Å². The molecule has 0 saturated carbocycles. The Labute approximate surface area is 157 Å². The smallest absolute Gasteiger partial charge is 0.242 e. The molecule has 0 bridgehead atoms. The van der Waals surface area contributed by atoms with Gasteiger partial charge in [0.15, 0.2) is 5.78 Å². The van der Waals surface area contributed by atoms with Crippen molar-refractivity contribution >= 4 is 17.6 Å². The zero-order valence-corrected chi connectivity index (χ0v) is 15.3. The van der Waals surface area contributed by atoms with Gasteiger partial charge < -0.3 is 0 Å². The van der Waals surface area contributed by atoms with Crippen LogP contribution in [0.25, 0.3) is 0 Å². The molecule has 2 aromatic rings. The van der Waals surface area contributed by atoms with E-state index in [0.717, 1.165) is 12.8 Å². The standard InChI is InChI=1S/C21H23FN2O3/c1-2-3-15-4-8-17(9-5-15)19(25)12-13-20(26)23-24-21(27)14-16-6-10-18(22)11-7-16/h4-11H,2-3,12-14H2,1H3,(H,23,26)(H,24,27). The van der Waals surface area contributed by atoms with Crippen LogP contribution in [0.15, 0.2) is 48.5 Å². The van der Waals surface area contributed by atoms with Crippen LogP contribution in [0, 0.1) is 5.82 Å². The summed E-state index contributed by atoms with van der Waals surface area (Å²) in [6, 6.07) is 12.9. The van der Waals surface area contributed by atoms with E-state index in [1.807, 2.05) is 12.1 Å². The first-order valence-corrected chi connectivity index (χ1v) is 8.92. The predicted molar refractivity (Wildman–Crippen MR) is 100 cm³/mol. The zero-order valence-electron chi connectivity index (χ0n) is 15.3. The van der Waals surface area contributed by atoms with Crippen LogP contribution in [0.3, 0.4) is 0 Å². The third-order valence-electron chi connectivity index (χ3n) is 4.01. The van der Waals surface area contributed by atoms with E-state index in [2.05, 4.69) is 17.8 Å². The highest BCUT2D eigenvalue weighted by Crippen LogP contribution is 2.10. The molecule has 2 N–H and O–H groups in total. The third-order valence-corrected chi connectivity index (χ3v) is 4.01. The molecular weight excluding hydrogens is 347 g/mol. The van der Waals surface area contributed by atoms with Gasteiger partial charge in [0.25, 0.3) is 0 Å². The lowest BCUT2D eigenvalue weighted by Crippen LogP contribution is -2.42. The van der Waals surface area contributed by atoms with E-state index in [-0.39, 0.29) is 30.9 Å². The fourth-order valence-electron chi connectivity index (χ4n) is 2.55. The summed E-state index contributed by atoms with van der Waals surface area (Å²) in [5, 5.41) is 0. The number of hydrogen-bond donors (Lipinski definition) is 2. The molecule has 0 radical (unpaired) electrons. The van der Waals surface area contributed by atoms with E-state index < -0.39 is 11.8 Å². The molecule has 0 unspecified atom stereocenters. The molecule has 27 heavy (non-hydrogen) atoms. The van der Waals surface area contributed by atoms with Crippen molar-refractivity contribution in [1.82, 2.24) is 10.9 Å². The zero-order chi connectivity index (χ0) is 19.6. The minimum atomic E-state index is -0.446. The van der Waals surface area contributed by atoms with Gasteiger partial charge in [0, 0.05) is 18.4 Å². The average molecular weight is 370 g/mol. The van der Waals surface area contributed by atoms with Crippen LogP contribution in [0.5, 0.6) is 0 Å². The van der Waals surface area contributed by atoms with Crippen LogP contribution in [0.2, 0.25) is 0 Å². The molecule has 0 saturated heterocycles. The summed E-state index contributed by atoms with van der Waals surface area (Å²) in [5.41, 5.74) is 6.95. The molecule has 6 heteroatoms. The van der Waals surface area contributed by atoms with E-state index >= 15 is 0 Å². The van der Waals surface area contributed by atoms with E-state index in [0.29, 0.717) is 11.1 Å². The van der Waals surface area contributed by atoms with Crippen LogP contribution in [-0.2, 0) is 22.4 Å². The number of hydrazine groups is 1. The van der Waals surface area contributed by atoms with E-state index in [1.165, 1.54) is 29.8 Å². The summed E-state index contributed by atoms with van der Waals surface area (Å²) in [5.74, 6) is -1.37. The molecule has 0 aliphatic rings. The Kier molecular flexibility index (Phi) is 7.67. The highest BCUT2D eigenvalue weighted by Gasteiger charge is 2.10. The first-order chi connectivity index (χ1) is 13.0. The Bertz CT molecular complexity index is 786. The minimum Gasteiger partial charge on any atom is -0.294 e. The maximum Gasteiger partial charge on any atom is 0.242 e. The number of rotatable bonds is 8. The highest BCUT2D eigenvalue weighted by molar-refractivity contribution is 5.98. The molecule has 142 valence electrons.